The number of allylic oxidation sites excluding steroid dienone is 1. The minimum Gasteiger partial charge on any atom is -0.387 e. The Morgan fingerprint density at radius 3 is 2.67 bits per heavy atom. The average Bonchev–Trinajstić information content (AvgIpc) is 2.04. The summed E-state index contributed by atoms with van der Waals surface area (Å²) in [4.78, 5) is 2.43. The zero-order valence-corrected chi connectivity index (χ0v) is 8.43. The van der Waals surface area contributed by atoms with E-state index >= 15 is 0 Å². The van der Waals surface area contributed by atoms with Crippen LogP contribution < -0.4 is 5.32 Å². The summed E-state index contributed by atoms with van der Waals surface area (Å²) in [5.74, 6) is 0. The molecule has 1 heterocycles. The number of nitrogens with zero attached hydrogens (tertiary/aromatic N) is 1. The molecule has 1 N–H and O–H groups in total. The highest BCUT2D eigenvalue weighted by Crippen LogP contribution is 2.15. The molecule has 0 radical (unpaired) electrons. The van der Waals surface area contributed by atoms with Crippen molar-refractivity contribution in [1.82, 2.24) is 10.2 Å². The third kappa shape index (κ3) is 2.24. The van der Waals surface area contributed by atoms with Gasteiger partial charge in [0.2, 0.25) is 0 Å². The molecule has 1 aliphatic heterocycles. The smallest absolute Gasteiger partial charge is 0.0300 e. The van der Waals surface area contributed by atoms with E-state index in [0.717, 1.165) is 13.0 Å². The van der Waals surface area contributed by atoms with Crippen LogP contribution in [-0.2, 0) is 0 Å². The number of piperidine rings is 1. The van der Waals surface area contributed by atoms with Crippen LogP contribution in [0.3, 0.4) is 0 Å². The molecule has 2 nitrogen and oxygen atoms in total. The van der Waals surface area contributed by atoms with Crippen molar-refractivity contribution in [3.63, 3.8) is 0 Å². The first-order chi connectivity index (χ1) is 5.61. The van der Waals surface area contributed by atoms with Crippen molar-refractivity contribution >= 4 is 0 Å². The maximum atomic E-state index is 3.92. The number of rotatable bonds is 2. The van der Waals surface area contributed by atoms with Gasteiger partial charge in [0.1, 0.15) is 0 Å². The fourth-order valence-corrected chi connectivity index (χ4v) is 1.56. The fraction of sp³-hybridized carbons (Fsp3) is 0.800. The summed E-state index contributed by atoms with van der Waals surface area (Å²) in [6.07, 6.45) is 2.38. The SMILES string of the molecule is C=C1CCC(N(C)C(C)C)CN1. The van der Waals surface area contributed by atoms with Crippen LogP contribution in [0.5, 0.6) is 0 Å². The van der Waals surface area contributed by atoms with Crippen LogP contribution in [0.1, 0.15) is 26.7 Å². The van der Waals surface area contributed by atoms with Gasteiger partial charge in [-0.25, -0.2) is 0 Å². The molecule has 0 aromatic heterocycles. The molecular weight excluding hydrogens is 148 g/mol. The second kappa shape index (κ2) is 3.94. The lowest BCUT2D eigenvalue weighted by Crippen LogP contribution is -2.45. The predicted octanol–water partition coefficient (Wildman–Crippen LogP) is 1.59. The quantitative estimate of drug-likeness (QED) is 0.673. The molecular formula is C10H20N2. The Hall–Kier alpha value is -0.500. The highest BCUT2D eigenvalue weighted by atomic mass is 15.2. The van der Waals surface area contributed by atoms with E-state index in [1.165, 1.54) is 12.1 Å². The zero-order valence-electron chi connectivity index (χ0n) is 8.43. The summed E-state index contributed by atoms with van der Waals surface area (Å²) in [7, 11) is 2.20. The van der Waals surface area contributed by atoms with Crippen LogP contribution in [0.15, 0.2) is 12.3 Å². The molecule has 0 spiro atoms. The summed E-state index contributed by atoms with van der Waals surface area (Å²) in [5, 5.41) is 3.33. The Bertz CT molecular complexity index is 153. The van der Waals surface area contributed by atoms with Gasteiger partial charge in [0.25, 0.3) is 0 Å². The molecule has 1 saturated heterocycles. The van der Waals surface area contributed by atoms with E-state index in [-0.39, 0.29) is 0 Å². The largest absolute Gasteiger partial charge is 0.387 e. The third-order valence-corrected chi connectivity index (χ3v) is 2.76. The monoisotopic (exact) mass is 168 g/mol. The van der Waals surface area contributed by atoms with Gasteiger partial charge in [0.05, 0.1) is 0 Å². The van der Waals surface area contributed by atoms with Crippen LogP contribution in [0.2, 0.25) is 0 Å². The molecule has 0 aliphatic carbocycles. The summed E-state index contributed by atoms with van der Waals surface area (Å²) >= 11 is 0. The van der Waals surface area contributed by atoms with Gasteiger partial charge in [-0.15, -0.1) is 0 Å². The molecule has 1 unspecified atom stereocenters. The van der Waals surface area contributed by atoms with E-state index < -0.39 is 0 Å². The van der Waals surface area contributed by atoms with Gasteiger partial charge in [0.15, 0.2) is 0 Å². The molecule has 0 saturated carbocycles. The van der Waals surface area contributed by atoms with Crippen molar-refractivity contribution in [2.45, 2.75) is 38.8 Å². The maximum absolute atomic E-state index is 3.92. The minimum atomic E-state index is 0.642. The lowest BCUT2D eigenvalue weighted by Gasteiger charge is -2.35. The standard InChI is InChI=1S/C10H20N2/c1-8(2)12(4)10-6-5-9(3)11-7-10/h8,10-11H,3,5-7H2,1-2,4H3. The first-order valence-corrected chi connectivity index (χ1v) is 4.75. The molecule has 0 bridgehead atoms. The zero-order chi connectivity index (χ0) is 9.14. The first-order valence-electron chi connectivity index (χ1n) is 4.75. The van der Waals surface area contributed by atoms with Crippen LogP contribution in [-0.4, -0.2) is 30.6 Å². The molecule has 1 atom stereocenters. The topological polar surface area (TPSA) is 15.3 Å². The van der Waals surface area contributed by atoms with Crippen molar-refractivity contribution in [2.75, 3.05) is 13.6 Å². The molecule has 12 heavy (non-hydrogen) atoms. The summed E-state index contributed by atoms with van der Waals surface area (Å²) in [6, 6.07) is 1.33. The van der Waals surface area contributed by atoms with Gasteiger partial charge < -0.3 is 5.32 Å². The van der Waals surface area contributed by atoms with Gasteiger partial charge >= 0.3 is 0 Å². The van der Waals surface area contributed by atoms with Crippen LogP contribution in [0, 0.1) is 0 Å². The lowest BCUT2D eigenvalue weighted by atomic mass is 10.0. The van der Waals surface area contributed by atoms with Crippen molar-refractivity contribution in [3.8, 4) is 0 Å². The molecule has 70 valence electrons. The van der Waals surface area contributed by atoms with Gasteiger partial charge in [-0.1, -0.05) is 6.58 Å². The van der Waals surface area contributed by atoms with Crippen molar-refractivity contribution < 1.29 is 0 Å². The van der Waals surface area contributed by atoms with E-state index in [9.17, 15) is 0 Å². The Kier molecular flexibility index (Phi) is 3.15. The Balaban J connectivity index is 2.38. The van der Waals surface area contributed by atoms with Crippen molar-refractivity contribution in [1.29, 1.82) is 0 Å². The van der Waals surface area contributed by atoms with E-state index in [0.29, 0.717) is 12.1 Å². The highest BCUT2D eigenvalue weighted by molar-refractivity contribution is 4.98. The summed E-state index contributed by atoms with van der Waals surface area (Å²) < 4.78 is 0. The number of hydrogen-bond donors (Lipinski definition) is 1. The van der Waals surface area contributed by atoms with Crippen LogP contribution in [0.4, 0.5) is 0 Å². The molecule has 0 aromatic carbocycles. The van der Waals surface area contributed by atoms with Crippen LogP contribution in [0.25, 0.3) is 0 Å². The molecule has 1 rings (SSSR count). The van der Waals surface area contributed by atoms with Crippen molar-refractivity contribution in [3.05, 3.63) is 12.3 Å². The third-order valence-electron chi connectivity index (χ3n) is 2.76. The van der Waals surface area contributed by atoms with Crippen LogP contribution >= 0.6 is 0 Å². The number of nitrogens with one attached hydrogen (secondary N) is 1. The van der Waals surface area contributed by atoms with E-state index in [1.807, 2.05) is 0 Å². The molecule has 2 heteroatoms. The maximum Gasteiger partial charge on any atom is 0.0300 e. The lowest BCUT2D eigenvalue weighted by molar-refractivity contribution is 0.173. The molecule has 1 aliphatic rings. The van der Waals surface area contributed by atoms with Gasteiger partial charge in [0, 0.05) is 24.3 Å². The van der Waals surface area contributed by atoms with Crippen molar-refractivity contribution in [2.24, 2.45) is 0 Å². The molecule has 1 fully saturated rings. The second-order valence-electron chi connectivity index (χ2n) is 3.94. The van der Waals surface area contributed by atoms with E-state index in [2.05, 4.69) is 37.7 Å². The summed E-state index contributed by atoms with van der Waals surface area (Å²) in [5.41, 5.74) is 1.20. The van der Waals surface area contributed by atoms with Gasteiger partial charge in [-0.2, -0.15) is 0 Å². The Morgan fingerprint density at radius 1 is 1.58 bits per heavy atom. The molecule has 0 amide bonds. The predicted molar refractivity (Wildman–Crippen MR) is 53.1 cm³/mol. The average molecular weight is 168 g/mol. The van der Waals surface area contributed by atoms with Gasteiger partial charge in [-0.05, 0) is 33.7 Å². The summed E-state index contributed by atoms with van der Waals surface area (Å²) in [6.45, 7) is 9.47. The van der Waals surface area contributed by atoms with Gasteiger partial charge in [-0.3, -0.25) is 4.90 Å². The second-order valence-corrected chi connectivity index (χ2v) is 3.94. The normalized spacial score (nSPS) is 24.8. The minimum absolute atomic E-state index is 0.642. The number of hydrogen-bond acceptors (Lipinski definition) is 2. The Morgan fingerprint density at radius 2 is 2.25 bits per heavy atom. The fourth-order valence-electron chi connectivity index (χ4n) is 1.56. The Labute approximate surface area is 75.6 Å². The van der Waals surface area contributed by atoms with E-state index in [4.69, 9.17) is 0 Å². The first kappa shape index (κ1) is 9.59. The van der Waals surface area contributed by atoms with E-state index in [1.54, 1.807) is 0 Å². The molecule has 0 aromatic rings. The number of likely N-dealkylation sites (N-methyl/N-ethyl adjacent to an activating group) is 1. The highest BCUT2D eigenvalue weighted by Gasteiger charge is 2.20.